The Morgan fingerprint density at radius 2 is 1.72 bits per heavy atom. The number of hydrogen-bond donors (Lipinski definition) is 2. The van der Waals surface area contributed by atoms with Gasteiger partial charge in [0.15, 0.2) is 25.1 Å². The predicted octanol–water partition coefficient (Wildman–Crippen LogP) is 2.70. The van der Waals surface area contributed by atoms with Crippen molar-refractivity contribution in [3.63, 3.8) is 0 Å². The zero-order chi connectivity index (χ0) is 34.8. The molecule has 47 heavy (non-hydrogen) atoms. The van der Waals surface area contributed by atoms with Gasteiger partial charge in [-0.3, -0.25) is 9.53 Å². The molecule has 0 radical (unpaired) electrons. The van der Waals surface area contributed by atoms with E-state index < -0.39 is 88.9 Å². The van der Waals surface area contributed by atoms with Gasteiger partial charge in [-0.2, -0.15) is 5.90 Å². The van der Waals surface area contributed by atoms with E-state index >= 15 is 0 Å². The minimum Gasteiger partial charge on any atom is -0.454 e. The molecule has 5 rings (SSSR count). The molecule has 15 heteroatoms. The van der Waals surface area contributed by atoms with Crippen molar-refractivity contribution in [2.75, 3.05) is 6.61 Å². The Morgan fingerprint density at radius 1 is 1.02 bits per heavy atom. The highest BCUT2D eigenvalue weighted by atomic mass is 17.3. The Hall–Kier alpha value is -1.95. The lowest BCUT2D eigenvalue weighted by Gasteiger charge is -2.62. The number of fused-ring (bicyclic) bond motifs is 5. The second kappa shape index (κ2) is 12.4. The Bertz CT molecular complexity index is 1230. The quantitative estimate of drug-likeness (QED) is 0.133. The molecular formula is C32H52N2O13. The molecule has 0 spiro atoms. The van der Waals surface area contributed by atoms with Gasteiger partial charge < -0.3 is 33.5 Å². The zero-order valence-electron chi connectivity index (χ0n) is 29.0. The van der Waals surface area contributed by atoms with Crippen molar-refractivity contribution in [1.29, 1.82) is 0 Å². The first kappa shape index (κ1) is 36.3. The number of carbonyl (C=O) groups is 3. The lowest BCUT2D eigenvalue weighted by Crippen LogP contribution is -2.70. The Balaban J connectivity index is 1.29. The molecule has 15 nitrogen and oxygen atoms in total. The van der Waals surface area contributed by atoms with Crippen LogP contribution in [-0.2, 0) is 57.5 Å². The highest BCUT2D eigenvalue weighted by Gasteiger charge is 2.68. The third-order valence-electron chi connectivity index (χ3n) is 10.6. The topological polar surface area (TPSA) is 184 Å². The van der Waals surface area contributed by atoms with Crippen LogP contribution in [-0.4, -0.2) is 93.6 Å². The van der Waals surface area contributed by atoms with E-state index in [1.54, 1.807) is 32.8 Å². The zero-order valence-corrected chi connectivity index (χ0v) is 29.0. The van der Waals surface area contributed by atoms with Gasteiger partial charge in [0.25, 0.3) is 5.97 Å². The van der Waals surface area contributed by atoms with Crippen LogP contribution >= 0.6 is 0 Å². The summed E-state index contributed by atoms with van der Waals surface area (Å²) in [7, 11) is 0. The number of esters is 3. The lowest BCUT2D eigenvalue weighted by molar-refractivity contribution is -0.491. The van der Waals surface area contributed by atoms with Gasteiger partial charge in [0.05, 0.1) is 22.2 Å². The minimum absolute atomic E-state index is 0.153. The van der Waals surface area contributed by atoms with Crippen molar-refractivity contribution in [2.45, 2.75) is 166 Å². The number of hydroxylamine groups is 2. The van der Waals surface area contributed by atoms with Crippen LogP contribution in [0.5, 0.6) is 0 Å². The number of rotatable bonds is 12. The molecule has 0 aromatic heterocycles. The van der Waals surface area contributed by atoms with Gasteiger partial charge >= 0.3 is 17.9 Å². The molecule has 3 aliphatic heterocycles. The lowest BCUT2D eigenvalue weighted by atomic mass is 9.56. The van der Waals surface area contributed by atoms with Crippen LogP contribution in [0.15, 0.2) is 0 Å². The molecule has 2 saturated carbocycles. The first-order valence-electron chi connectivity index (χ1n) is 16.6. The summed E-state index contributed by atoms with van der Waals surface area (Å²) < 4.78 is 41.3. The smallest absolute Gasteiger partial charge is 0.350 e. The molecule has 3 saturated heterocycles. The van der Waals surface area contributed by atoms with Gasteiger partial charge in [-0.1, -0.05) is 20.8 Å². The molecule has 5 aliphatic rings. The van der Waals surface area contributed by atoms with E-state index in [0.717, 1.165) is 0 Å². The van der Waals surface area contributed by atoms with Crippen molar-refractivity contribution < 1.29 is 62.6 Å². The third kappa shape index (κ3) is 6.93. The molecule has 3 heterocycles. The van der Waals surface area contributed by atoms with Gasteiger partial charge in [-0.15, -0.1) is 15.0 Å². The average molecular weight is 673 g/mol. The molecule has 0 aromatic rings. The fraction of sp³-hybridized carbons (Fsp3) is 0.906. The van der Waals surface area contributed by atoms with E-state index in [0.29, 0.717) is 44.9 Å². The van der Waals surface area contributed by atoms with Crippen molar-refractivity contribution in [3.8, 4) is 0 Å². The summed E-state index contributed by atoms with van der Waals surface area (Å²) in [5.41, 5.74) is -4.04. The van der Waals surface area contributed by atoms with E-state index in [1.807, 2.05) is 27.7 Å². The molecule has 10 unspecified atom stereocenters. The largest absolute Gasteiger partial charge is 0.454 e. The summed E-state index contributed by atoms with van der Waals surface area (Å²) >= 11 is 0. The summed E-state index contributed by atoms with van der Waals surface area (Å²) in [6.07, 6.45) is -1.51. The standard InChI is InChI=1S/C32H52N2O13/c1-10-27(4,5)26(37)39-14-19(35)40-22-20-21(41-24(22)36)23-25(42-20)44-30(9,43-23)45-32-13-18(3)12-31(17-32,15-29(8,38)16-32)34(47-46-33)28(6,7)11-2/h18,20-23,25,38H,10-17,33H2,1-9H3. The monoisotopic (exact) mass is 672 g/mol. The molecule has 268 valence electrons. The molecule has 2 aliphatic carbocycles. The molecule has 2 bridgehead atoms. The number of carbonyl (C=O) groups excluding carboxylic acids is 3. The summed E-state index contributed by atoms with van der Waals surface area (Å²) in [4.78, 5) is 47.9. The number of nitrogens with two attached hydrogens (primary N) is 1. The van der Waals surface area contributed by atoms with Crippen LogP contribution in [0, 0.1) is 11.3 Å². The van der Waals surface area contributed by atoms with Crippen LogP contribution in [0.2, 0.25) is 0 Å². The fourth-order valence-electron chi connectivity index (χ4n) is 8.45. The van der Waals surface area contributed by atoms with Gasteiger partial charge in [0.1, 0.15) is 6.10 Å². The maximum atomic E-state index is 12.8. The van der Waals surface area contributed by atoms with Crippen LogP contribution < -0.4 is 5.90 Å². The molecule has 5 fully saturated rings. The van der Waals surface area contributed by atoms with E-state index in [4.69, 9.17) is 49.0 Å². The van der Waals surface area contributed by atoms with Crippen molar-refractivity contribution >= 4 is 17.9 Å². The maximum absolute atomic E-state index is 12.8. The van der Waals surface area contributed by atoms with Crippen molar-refractivity contribution in [3.05, 3.63) is 0 Å². The summed E-state index contributed by atoms with van der Waals surface area (Å²) in [5.74, 6) is 1.69. The highest BCUT2D eigenvalue weighted by Crippen LogP contribution is 2.58. The van der Waals surface area contributed by atoms with Gasteiger partial charge in [-0.25, -0.2) is 9.59 Å². The van der Waals surface area contributed by atoms with Crippen LogP contribution in [0.1, 0.15) is 107 Å². The predicted molar refractivity (Wildman–Crippen MR) is 160 cm³/mol. The summed E-state index contributed by atoms with van der Waals surface area (Å²) in [5, 5.41) is 13.5. The highest BCUT2D eigenvalue weighted by molar-refractivity contribution is 5.84. The fourth-order valence-corrected chi connectivity index (χ4v) is 8.45. The van der Waals surface area contributed by atoms with E-state index in [2.05, 4.69) is 6.92 Å². The van der Waals surface area contributed by atoms with Crippen LogP contribution in [0.3, 0.4) is 0 Å². The maximum Gasteiger partial charge on any atom is 0.350 e. The first-order chi connectivity index (χ1) is 21.7. The first-order valence-corrected chi connectivity index (χ1v) is 16.6. The number of nitrogens with zero attached hydrogens (tertiary/aromatic N) is 1. The third-order valence-corrected chi connectivity index (χ3v) is 10.6. The van der Waals surface area contributed by atoms with E-state index in [9.17, 15) is 19.5 Å². The summed E-state index contributed by atoms with van der Waals surface area (Å²) in [6, 6.07) is 0. The van der Waals surface area contributed by atoms with Crippen molar-refractivity contribution in [1.82, 2.24) is 5.06 Å². The minimum atomic E-state index is -1.63. The van der Waals surface area contributed by atoms with Crippen molar-refractivity contribution in [2.24, 2.45) is 17.2 Å². The Kier molecular flexibility index (Phi) is 9.61. The molecule has 0 aromatic carbocycles. The second-order valence-electron chi connectivity index (χ2n) is 15.8. The molecule has 3 N–H and O–H groups in total. The Morgan fingerprint density at radius 3 is 2.36 bits per heavy atom. The average Bonchev–Trinajstić information content (AvgIpc) is 3.54. The van der Waals surface area contributed by atoms with Gasteiger partial charge in [-0.05, 0) is 79.1 Å². The van der Waals surface area contributed by atoms with E-state index in [1.165, 1.54) is 0 Å². The van der Waals surface area contributed by atoms with Crippen LogP contribution in [0.25, 0.3) is 0 Å². The molecule has 0 amide bonds. The number of aliphatic hydroxyl groups is 1. The SMILES string of the molecule is CCC(C)(C)C(=O)OCC(=O)OC1C(=O)OC2C3OC(C)(OC45CC(C)CC(N(OON)C(C)(C)CC)(CC(C)(O)C4)C5)OC3OC12. The number of ether oxygens (including phenoxy) is 7. The van der Waals surface area contributed by atoms with Crippen LogP contribution in [0.4, 0.5) is 0 Å². The van der Waals surface area contributed by atoms with E-state index in [-0.39, 0.29) is 5.92 Å². The molecule has 10 atom stereocenters. The number of hydrogen-bond acceptors (Lipinski definition) is 15. The van der Waals surface area contributed by atoms with Gasteiger partial charge in [0, 0.05) is 18.9 Å². The summed E-state index contributed by atoms with van der Waals surface area (Å²) in [6.45, 7) is 16.2. The Labute approximate surface area is 275 Å². The molecular weight excluding hydrogens is 620 g/mol. The second-order valence-corrected chi connectivity index (χ2v) is 15.8. The normalized spacial score (nSPS) is 41.4. The van der Waals surface area contributed by atoms with Gasteiger partial charge in [0.2, 0.25) is 6.10 Å².